The highest BCUT2D eigenvalue weighted by Crippen LogP contribution is 2.22. The Labute approximate surface area is 99.4 Å². The standard InChI is InChI=1S/C10H9F3N4O/c11-10(12,13)5-4-6-2-1-3-7-15-9(8(14)18)16-17(6)7/h1-3H,4-5H2,(H2,14,18). The van der Waals surface area contributed by atoms with Crippen LogP contribution in [0.25, 0.3) is 5.65 Å². The minimum absolute atomic E-state index is 0.213. The number of hydrogen-bond donors (Lipinski definition) is 1. The van der Waals surface area contributed by atoms with Gasteiger partial charge in [0.2, 0.25) is 5.82 Å². The lowest BCUT2D eigenvalue weighted by Crippen LogP contribution is -2.13. The van der Waals surface area contributed by atoms with Crippen LogP contribution in [0, 0.1) is 0 Å². The number of fused-ring (bicyclic) bond motifs is 1. The van der Waals surface area contributed by atoms with Crippen molar-refractivity contribution in [2.24, 2.45) is 5.73 Å². The summed E-state index contributed by atoms with van der Waals surface area (Å²) >= 11 is 0. The Bertz CT molecular complexity index is 590. The van der Waals surface area contributed by atoms with Crippen LogP contribution in [0.4, 0.5) is 13.2 Å². The Kier molecular flexibility index (Phi) is 2.93. The Morgan fingerprint density at radius 1 is 1.39 bits per heavy atom. The smallest absolute Gasteiger partial charge is 0.363 e. The molecule has 0 aromatic carbocycles. The molecule has 96 valence electrons. The van der Waals surface area contributed by atoms with Crippen molar-refractivity contribution in [2.75, 3.05) is 0 Å². The SMILES string of the molecule is NC(=O)c1nc2cccc(CCC(F)(F)F)n2n1. The Balaban J connectivity index is 2.36. The molecule has 0 aliphatic heterocycles. The lowest BCUT2D eigenvalue weighted by molar-refractivity contribution is -0.134. The van der Waals surface area contributed by atoms with Gasteiger partial charge in [-0.05, 0) is 18.6 Å². The van der Waals surface area contributed by atoms with E-state index in [1.54, 1.807) is 6.07 Å². The summed E-state index contributed by atoms with van der Waals surface area (Å²) in [4.78, 5) is 14.7. The van der Waals surface area contributed by atoms with Crippen LogP contribution in [-0.4, -0.2) is 26.7 Å². The molecule has 2 heterocycles. The zero-order valence-electron chi connectivity index (χ0n) is 9.11. The zero-order chi connectivity index (χ0) is 13.3. The molecule has 0 saturated carbocycles. The highest BCUT2D eigenvalue weighted by atomic mass is 19.4. The summed E-state index contributed by atoms with van der Waals surface area (Å²) in [6.45, 7) is 0. The van der Waals surface area contributed by atoms with Crippen LogP contribution in [0.2, 0.25) is 0 Å². The minimum atomic E-state index is -4.24. The van der Waals surface area contributed by atoms with Gasteiger partial charge in [0, 0.05) is 12.1 Å². The molecular weight excluding hydrogens is 249 g/mol. The van der Waals surface area contributed by atoms with E-state index in [9.17, 15) is 18.0 Å². The number of nitrogens with zero attached hydrogens (tertiary/aromatic N) is 3. The summed E-state index contributed by atoms with van der Waals surface area (Å²) < 4.78 is 37.7. The molecule has 2 rings (SSSR count). The first-order valence-electron chi connectivity index (χ1n) is 5.08. The third-order valence-electron chi connectivity index (χ3n) is 2.32. The van der Waals surface area contributed by atoms with Crippen molar-refractivity contribution in [1.82, 2.24) is 14.6 Å². The van der Waals surface area contributed by atoms with E-state index in [2.05, 4.69) is 10.1 Å². The molecule has 0 spiro atoms. The second-order valence-corrected chi connectivity index (χ2v) is 3.70. The fourth-order valence-corrected chi connectivity index (χ4v) is 1.52. The van der Waals surface area contributed by atoms with Gasteiger partial charge in [0.25, 0.3) is 5.91 Å². The normalized spacial score (nSPS) is 11.9. The van der Waals surface area contributed by atoms with Gasteiger partial charge in [-0.3, -0.25) is 4.79 Å². The number of hydrogen-bond acceptors (Lipinski definition) is 3. The van der Waals surface area contributed by atoms with E-state index in [4.69, 9.17) is 5.73 Å². The minimum Gasteiger partial charge on any atom is -0.363 e. The number of primary amides is 1. The largest absolute Gasteiger partial charge is 0.389 e. The highest BCUT2D eigenvalue weighted by molar-refractivity contribution is 5.89. The molecule has 0 bridgehead atoms. The van der Waals surface area contributed by atoms with E-state index in [1.165, 1.54) is 16.6 Å². The number of carbonyl (C=O) groups is 1. The number of alkyl halides is 3. The molecular formula is C10H9F3N4O. The molecule has 8 heteroatoms. The number of aryl methyl sites for hydroxylation is 1. The number of nitrogens with two attached hydrogens (primary N) is 1. The quantitative estimate of drug-likeness (QED) is 0.902. The van der Waals surface area contributed by atoms with Gasteiger partial charge in [-0.2, -0.15) is 13.2 Å². The lowest BCUT2D eigenvalue weighted by atomic mass is 10.2. The third-order valence-corrected chi connectivity index (χ3v) is 2.32. The molecule has 2 N–H and O–H groups in total. The average Bonchev–Trinajstić information content (AvgIpc) is 2.69. The number of aromatic nitrogens is 3. The van der Waals surface area contributed by atoms with Crippen molar-refractivity contribution >= 4 is 11.6 Å². The van der Waals surface area contributed by atoms with E-state index in [0.717, 1.165) is 0 Å². The molecule has 18 heavy (non-hydrogen) atoms. The maximum Gasteiger partial charge on any atom is 0.389 e. The summed E-state index contributed by atoms with van der Waals surface area (Å²) in [5.74, 6) is -1.03. The number of rotatable bonds is 3. The van der Waals surface area contributed by atoms with Crippen LogP contribution in [-0.2, 0) is 6.42 Å². The Morgan fingerprint density at radius 2 is 2.11 bits per heavy atom. The van der Waals surface area contributed by atoms with Crippen molar-refractivity contribution in [3.63, 3.8) is 0 Å². The fourth-order valence-electron chi connectivity index (χ4n) is 1.52. The van der Waals surface area contributed by atoms with Gasteiger partial charge in [0.05, 0.1) is 0 Å². The van der Waals surface area contributed by atoms with Crippen molar-refractivity contribution in [1.29, 1.82) is 0 Å². The maximum atomic E-state index is 12.2. The number of pyridine rings is 1. The fraction of sp³-hybridized carbons (Fsp3) is 0.300. The van der Waals surface area contributed by atoms with E-state index < -0.39 is 18.5 Å². The summed E-state index contributed by atoms with van der Waals surface area (Å²) in [5.41, 5.74) is 5.63. The average molecular weight is 258 g/mol. The number of halogens is 3. The van der Waals surface area contributed by atoms with Crippen molar-refractivity contribution in [3.8, 4) is 0 Å². The van der Waals surface area contributed by atoms with Crippen LogP contribution < -0.4 is 5.73 Å². The summed E-state index contributed by atoms with van der Waals surface area (Å²) in [6, 6.07) is 4.59. The Morgan fingerprint density at radius 3 is 2.72 bits per heavy atom. The summed E-state index contributed by atoms with van der Waals surface area (Å²) in [6.07, 6.45) is -5.43. The maximum absolute atomic E-state index is 12.2. The first-order valence-corrected chi connectivity index (χ1v) is 5.08. The number of amides is 1. The van der Waals surface area contributed by atoms with Gasteiger partial charge in [-0.15, -0.1) is 5.10 Å². The van der Waals surface area contributed by atoms with Crippen LogP contribution in [0.15, 0.2) is 18.2 Å². The van der Waals surface area contributed by atoms with Crippen LogP contribution in [0.1, 0.15) is 22.7 Å². The van der Waals surface area contributed by atoms with E-state index in [-0.39, 0.29) is 12.2 Å². The molecule has 0 fully saturated rings. The van der Waals surface area contributed by atoms with Crippen LogP contribution in [0.3, 0.4) is 0 Å². The molecule has 0 saturated heterocycles. The summed E-state index contributed by atoms with van der Waals surface area (Å²) in [7, 11) is 0. The Hall–Kier alpha value is -2.12. The molecule has 0 unspecified atom stereocenters. The van der Waals surface area contributed by atoms with Gasteiger partial charge in [0.1, 0.15) is 0 Å². The highest BCUT2D eigenvalue weighted by Gasteiger charge is 2.27. The molecule has 1 amide bonds. The first kappa shape index (κ1) is 12.3. The molecule has 0 aliphatic carbocycles. The van der Waals surface area contributed by atoms with Crippen molar-refractivity contribution in [2.45, 2.75) is 19.0 Å². The monoisotopic (exact) mass is 258 g/mol. The lowest BCUT2D eigenvalue weighted by Gasteiger charge is -2.06. The molecule has 2 aromatic heterocycles. The van der Waals surface area contributed by atoms with Gasteiger partial charge in [-0.25, -0.2) is 9.50 Å². The van der Waals surface area contributed by atoms with Crippen LogP contribution >= 0.6 is 0 Å². The predicted molar refractivity (Wildman–Crippen MR) is 55.9 cm³/mol. The van der Waals surface area contributed by atoms with E-state index >= 15 is 0 Å². The summed E-state index contributed by atoms with van der Waals surface area (Å²) in [5, 5.41) is 3.78. The van der Waals surface area contributed by atoms with E-state index in [1.807, 2.05) is 0 Å². The molecule has 0 aliphatic rings. The zero-order valence-corrected chi connectivity index (χ0v) is 9.11. The predicted octanol–water partition coefficient (Wildman–Crippen LogP) is 1.32. The second kappa shape index (κ2) is 4.28. The number of carbonyl (C=O) groups excluding carboxylic acids is 1. The van der Waals surface area contributed by atoms with Gasteiger partial charge in [-0.1, -0.05) is 6.07 Å². The van der Waals surface area contributed by atoms with Gasteiger partial charge >= 0.3 is 6.18 Å². The molecule has 2 aromatic rings. The van der Waals surface area contributed by atoms with Gasteiger partial charge < -0.3 is 5.73 Å². The molecule has 0 radical (unpaired) electrons. The topological polar surface area (TPSA) is 73.3 Å². The van der Waals surface area contributed by atoms with Crippen molar-refractivity contribution < 1.29 is 18.0 Å². The first-order chi connectivity index (χ1) is 8.37. The van der Waals surface area contributed by atoms with E-state index in [0.29, 0.717) is 11.3 Å². The molecule has 0 atom stereocenters. The van der Waals surface area contributed by atoms with Crippen LogP contribution in [0.5, 0.6) is 0 Å². The van der Waals surface area contributed by atoms with Gasteiger partial charge in [0.15, 0.2) is 5.65 Å². The molecule has 5 nitrogen and oxygen atoms in total. The van der Waals surface area contributed by atoms with Crippen molar-refractivity contribution in [3.05, 3.63) is 29.7 Å². The second-order valence-electron chi connectivity index (χ2n) is 3.70. The third kappa shape index (κ3) is 2.58.